The zero-order chi connectivity index (χ0) is 51.4. The van der Waals surface area contributed by atoms with Crippen LogP contribution in [0.25, 0.3) is 0 Å². The molecule has 20 nitrogen and oxygen atoms in total. The molecule has 66 heavy (non-hydrogen) atoms. The molecule has 376 valence electrons. The van der Waals surface area contributed by atoms with Gasteiger partial charge in [-0.05, 0) is 70.1 Å². The van der Waals surface area contributed by atoms with E-state index in [0.29, 0.717) is 63.2 Å². The number of carboxylic acid groups (broad SMARTS) is 6. The second-order valence-corrected chi connectivity index (χ2v) is 13.5. The maximum Gasteiger partial charge on any atom is 0.490 e. The second kappa shape index (κ2) is 26.7. The summed E-state index contributed by atoms with van der Waals surface area (Å²) in [5.41, 5.74) is 2.06. The fraction of sp³-hybridized carbons (Fsp3) is 0.588. The number of carbonyl (C=O) groups excluding carboxylic acids is 2. The number of hydrogen-bond donors (Lipinski definition) is 9. The summed E-state index contributed by atoms with van der Waals surface area (Å²) < 4.78 is 127. The van der Waals surface area contributed by atoms with E-state index >= 15 is 0 Å². The summed E-state index contributed by atoms with van der Waals surface area (Å²) >= 11 is 0. The standard InChI is InChI=1S/C26H38N6O6.4C2HF3O2/c33-23(34)16-30-9-3-18(4-10-30)25(37)28-21-2-1-20(32-13-7-27-8-14-32)15-22(21)29-26(38)19-5-11-31(12-6-19)17-24(35)36;4*3-2(4,5)1(6)7/h1-2,15,18-19,27H,3-14,16-17H2,(H,28,37)(H,29,38)(H,33,34)(H,35,36);4*(H,6,7). The molecule has 0 atom stereocenters. The van der Waals surface area contributed by atoms with Crippen LogP contribution >= 0.6 is 0 Å². The number of halogens is 12. The van der Waals surface area contributed by atoms with E-state index in [9.17, 15) is 71.9 Å². The molecule has 0 aromatic heterocycles. The van der Waals surface area contributed by atoms with E-state index in [-0.39, 0.29) is 36.7 Å². The molecule has 1 aromatic rings. The number of aliphatic carboxylic acids is 6. The maximum atomic E-state index is 13.2. The number of anilines is 3. The van der Waals surface area contributed by atoms with Crippen LogP contribution in [0, 0.1) is 11.8 Å². The van der Waals surface area contributed by atoms with Gasteiger partial charge in [-0.15, -0.1) is 0 Å². The van der Waals surface area contributed by atoms with Crippen LogP contribution in [-0.2, 0) is 38.4 Å². The highest BCUT2D eigenvalue weighted by Gasteiger charge is 2.40. The lowest BCUT2D eigenvalue weighted by molar-refractivity contribution is -0.193. The largest absolute Gasteiger partial charge is 0.490 e. The Morgan fingerprint density at radius 2 is 0.788 bits per heavy atom. The van der Waals surface area contributed by atoms with Crippen LogP contribution in [0.5, 0.6) is 0 Å². The summed E-state index contributed by atoms with van der Waals surface area (Å²) in [6.45, 7) is 5.59. The number of nitrogens with zero attached hydrogens (tertiary/aromatic N) is 3. The average Bonchev–Trinajstić information content (AvgIpc) is 3.18. The van der Waals surface area contributed by atoms with Crippen molar-refractivity contribution < 1.29 is 122 Å². The van der Waals surface area contributed by atoms with Crippen molar-refractivity contribution in [3.05, 3.63) is 18.2 Å². The Bertz CT molecular complexity index is 1710. The van der Waals surface area contributed by atoms with E-state index in [0.717, 1.165) is 31.9 Å². The van der Waals surface area contributed by atoms with E-state index in [4.69, 9.17) is 49.8 Å². The van der Waals surface area contributed by atoms with Gasteiger partial charge in [-0.3, -0.25) is 29.0 Å². The van der Waals surface area contributed by atoms with E-state index < -0.39 is 60.5 Å². The van der Waals surface area contributed by atoms with Gasteiger partial charge in [0.2, 0.25) is 11.8 Å². The van der Waals surface area contributed by atoms with Gasteiger partial charge in [-0.1, -0.05) is 0 Å². The van der Waals surface area contributed by atoms with Crippen LogP contribution in [0.15, 0.2) is 18.2 Å². The average molecular weight is 987 g/mol. The lowest BCUT2D eigenvalue weighted by Crippen LogP contribution is -2.43. The van der Waals surface area contributed by atoms with E-state index in [2.05, 4.69) is 20.9 Å². The number of carboxylic acids is 6. The molecule has 0 bridgehead atoms. The van der Waals surface area contributed by atoms with Crippen molar-refractivity contribution in [3.8, 4) is 0 Å². The first-order valence-electron chi connectivity index (χ1n) is 18.4. The molecule has 0 radical (unpaired) electrons. The molecule has 3 aliphatic heterocycles. The normalized spacial score (nSPS) is 16.4. The molecular formula is C34H42F12N6O14. The molecule has 0 aliphatic carbocycles. The van der Waals surface area contributed by atoms with Crippen molar-refractivity contribution >= 4 is 64.7 Å². The van der Waals surface area contributed by atoms with Crippen LogP contribution in [0.4, 0.5) is 69.7 Å². The molecule has 0 spiro atoms. The highest BCUT2D eigenvalue weighted by molar-refractivity contribution is 6.01. The minimum absolute atomic E-state index is 0.0206. The van der Waals surface area contributed by atoms with Gasteiger partial charge in [0.1, 0.15) is 0 Å². The first-order chi connectivity index (χ1) is 30.1. The number of nitrogens with one attached hydrogen (secondary N) is 3. The lowest BCUT2D eigenvalue weighted by Gasteiger charge is -2.32. The fourth-order valence-electron chi connectivity index (χ4n) is 5.42. The van der Waals surface area contributed by atoms with Gasteiger partial charge in [0, 0.05) is 43.7 Å². The quantitative estimate of drug-likeness (QED) is 0.161. The third-order valence-electron chi connectivity index (χ3n) is 8.61. The smallest absolute Gasteiger partial charge is 0.480 e. The molecule has 1 aromatic carbocycles. The number of amides is 2. The Morgan fingerprint density at radius 1 is 0.500 bits per heavy atom. The SMILES string of the molecule is O=C(O)C(F)(F)F.O=C(O)C(F)(F)F.O=C(O)C(F)(F)F.O=C(O)C(F)(F)F.O=C(O)CN1CCC(C(=O)Nc2ccc(N3CCNCC3)cc2NC(=O)C2CCN(CC(=O)O)CC2)CC1. The van der Waals surface area contributed by atoms with Crippen molar-refractivity contribution in [2.45, 2.75) is 50.4 Å². The van der Waals surface area contributed by atoms with Crippen molar-refractivity contribution in [2.24, 2.45) is 11.8 Å². The molecule has 3 heterocycles. The molecule has 0 unspecified atom stereocenters. The Labute approximate surface area is 363 Å². The monoisotopic (exact) mass is 986 g/mol. The van der Waals surface area contributed by atoms with Gasteiger partial charge in [-0.25, -0.2) is 19.2 Å². The summed E-state index contributed by atoms with van der Waals surface area (Å²) in [6, 6.07) is 5.70. The number of carbonyl (C=O) groups is 8. The van der Waals surface area contributed by atoms with Gasteiger partial charge >= 0.3 is 60.5 Å². The number of piperidine rings is 2. The Morgan fingerprint density at radius 3 is 1.06 bits per heavy atom. The Balaban J connectivity index is 0.00000122. The van der Waals surface area contributed by atoms with Gasteiger partial charge in [-0.2, -0.15) is 52.7 Å². The Hall–Kier alpha value is -6.18. The minimum atomic E-state index is -5.08. The molecule has 0 saturated carbocycles. The Kier molecular flexibility index (Phi) is 24.2. The van der Waals surface area contributed by atoms with E-state index in [1.807, 2.05) is 28.0 Å². The molecule has 4 rings (SSSR count). The fourth-order valence-corrected chi connectivity index (χ4v) is 5.42. The number of piperazine rings is 1. The van der Waals surface area contributed by atoms with Gasteiger partial charge in [0.25, 0.3) is 0 Å². The van der Waals surface area contributed by atoms with Crippen LogP contribution in [0.3, 0.4) is 0 Å². The van der Waals surface area contributed by atoms with E-state index in [1.54, 1.807) is 0 Å². The van der Waals surface area contributed by atoms with Crippen molar-refractivity contribution in [3.63, 3.8) is 0 Å². The minimum Gasteiger partial charge on any atom is -0.480 e. The molecular weight excluding hydrogens is 944 g/mol. The first kappa shape index (κ1) is 59.8. The van der Waals surface area contributed by atoms with Crippen LogP contribution in [-0.4, -0.2) is 178 Å². The predicted octanol–water partition coefficient (Wildman–Crippen LogP) is 3.10. The van der Waals surface area contributed by atoms with E-state index in [1.165, 1.54) is 0 Å². The lowest BCUT2D eigenvalue weighted by atomic mass is 9.95. The van der Waals surface area contributed by atoms with Gasteiger partial charge in [0.15, 0.2) is 0 Å². The zero-order valence-electron chi connectivity index (χ0n) is 33.6. The molecule has 2 amide bonds. The summed E-state index contributed by atoms with van der Waals surface area (Å²) in [6.07, 6.45) is -18.0. The van der Waals surface area contributed by atoms with Gasteiger partial charge < -0.3 is 51.5 Å². The van der Waals surface area contributed by atoms with Crippen LogP contribution < -0.4 is 20.9 Å². The second-order valence-electron chi connectivity index (χ2n) is 13.5. The topological polar surface area (TPSA) is 304 Å². The number of alkyl halides is 12. The summed E-state index contributed by atoms with van der Waals surface area (Å²) in [5.74, 6) is -13.5. The highest BCUT2D eigenvalue weighted by atomic mass is 19.4. The molecule has 3 saturated heterocycles. The number of likely N-dealkylation sites (tertiary alicyclic amines) is 2. The maximum absolute atomic E-state index is 13.2. The molecule has 3 fully saturated rings. The first-order valence-corrected chi connectivity index (χ1v) is 18.4. The summed E-state index contributed by atoms with van der Waals surface area (Å²) in [7, 11) is 0. The number of rotatable bonds is 9. The predicted molar refractivity (Wildman–Crippen MR) is 197 cm³/mol. The summed E-state index contributed by atoms with van der Waals surface area (Å²) in [4.78, 5) is 89.8. The number of hydrogen-bond acceptors (Lipinski definition) is 12. The van der Waals surface area contributed by atoms with Crippen molar-refractivity contribution in [2.75, 3.05) is 81.0 Å². The van der Waals surface area contributed by atoms with Crippen LogP contribution in [0.2, 0.25) is 0 Å². The summed E-state index contributed by atoms with van der Waals surface area (Å²) in [5, 5.41) is 55.9. The zero-order valence-corrected chi connectivity index (χ0v) is 33.6. The van der Waals surface area contributed by atoms with Crippen molar-refractivity contribution in [1.29, 1.82) is 0 Å². The number of benzene rings is 1. The van der Waals surface area contributed by atoms with Gasteiger partial charge in [0.05, 0.1) is 24.5 Å². The molecule has 3 aliphatic rings. The highest BCUT2D eigenvalue weighted by Crippen LogP contribution is 2.31. The van der Waals surface area contributed by atoms with Crippen molar-refractivity contribution in [1.82, 2.24) is 15.1 Å². The third-order valence-corrected chi connectivity index (χ3v) is 8.61. The molecule has 32 heteroatoms. The molecule has 9 N–H and O–H groups in total. The third kappa shape index (κ3) is 24.8. The van der Waals surface area contributed by atoms with Crippen LogP contribution in [0.1, 0.15) is 25.7 Å².